The molecular formula is C19H15ClN2O2S2. The molecule has 0 radical (unpaired) electrons. The van der Waals surface area contributed by atoms with Gasteiger partial charge in [0, 0.05) is 0 Å². The van der Waals surface area contributed by atoms with Crippen molar-refractivity contribution in [2.45, 2.75) is 19.9 Å². The summed E-state index contributed by atoms with van der Waals surface area (Å²) in [6.07, 6.45) is 2.50. The zero-order chi connectivity index (χ0) is 18.1. The highest BCUT2D eigenvalue weighted by Gasteiger charge is 2.24. The van der Waals surface area contributed by atoms with Crippen LogP contribution in [0.25, 0.3) is 10.2 Å². The van der Waals surface area contributed by atoms with Crippen LogP contribution in [0.3, 0.4) is 0 Å². The molecule has 4 rings (SSSR count). The summed E-state index contributed by atoms with van der Waals surface area (Å²) in [5.41, 5.74) is 2.13. The molecule has 0 fully saturated rings. The van der Waals surface area contributed by atoms with E-state index >= 15 is 0 Å². The van der Waals surface area contributed by atoms with E-state index in [2.05, 4.69) is 13.0 Å². The van der Waals surface area contributed by atoms with Crippen LogP contribution < -0.4 is 4.90 Å². The minimum Gasteiger partial charge on any atom is -0.467 e. The molecule has 0 saturated heterocycles. The van der Waals surface area contributed by atoms with Gasteiger partial charge in [0.2, 0.25) is 0 Å². The van der Waals surface area contributed by atoms with E-state index in [1.165, 1.54) is 28.2 Å². The van der Waals surface area contributed by atoms with Gasteiger partial charge in [0.05, 0.1) is 32.2 Å². The minimum absolute atomic E-state index is 0.129. The van der Waals surface area contributed by atoms with E-state index in [0.717, 1.165) is 16.6 Å². The van der Waals surface area contributed by atoms with Crippen LogP contribution in [-0.4, -0.2) is 10.9 Å². The molecule has 26 heavy (non-hydrogen) atoms. The fourth-order valence-corrected chi connectivity index (χ4v) is 4.74. The third kappa shape index (κ3) is 3.28. The number of thiazole rings is 1. The van der Waals surface area contributed by atoms with Gasteiger partial charge in [-0.25, -0.2) is 4.98 Å². The number of carbonyl (C=O) groups excluding carboxylic acids is 1. The Balaban J connectivity index is 1.78. The van der Waals surface area contributed by atoms with E-state index in [4.69, 9.17) is 21.0 Å². The molecule has 0 aliphatic heterocycles. The predicted molar refractivity (Wildman–Crippen MR) is 108 cm³/mol. The number of hydrogen-bond donors (Lipinski definition) is 0. The van der Waals surface area contributed by atoms with Crippen molar-refractivity contribution in [1.29, 1.82) is 0 Å². The van der Waals surface area contributed by atoms with Crippen molar-refractivity contribution in [2.24, 2.45) is 0 Å². The number of amides is 1. The van der Waals surface area contributed by atoms with Crippen molar-refractivity contribution in [3.8, 4) is 0 Å². The Hall–Kier alpha value is -2.15. The first-order valence-electron chi connectivity index (χ1n) is 8.13. The van der Waals surface area contributed by atoms with Crippen LogP contribution in [0.4, 0.5) is 5.13 Å². The Morgan fingerprint density at radius 1 is 1.19 bits per heavy atom. The fraction of sp³-hybridized carbons (Fsp3) is 0.158. The zero-order valence-corrected chi connectivity index (χ0v) is 16.3. The Bertz CT molecular complexity index is 1050. The van der Waals surface area contributed by atoms with Crippen molar-refractivity contribution in [3.05, 3.63) is 69.3 Å². The van der Waals surface area contributed by atoms with Gasteiger partial charge in [-0.05, 0) is 42.3 Å². The summed E-state index contributed by atoms with van der Waals surface area (Å²) in [4.78, 5) is 20.1. The standard InChI is InChI=1S/C19H15ClN2O2S2/c1-2-12-5-3-7-14-17(12)21-19(26-14)22(11-13-6-4-10-24-13)18(23)15-8-9-16(20)25-15/h3-10H,2,11H2,1H3. The molecule has 3 heterocycles. The topological polar surface area (TPSA) is 46.3 Å². The van der Waals surface area contributed by atoms with Gasteiger partial charge in [-0.1, -0.05) is 42.0 Å². The third-order valence-electron chi connectivity index (χ3n) is 4.03. The zero-order valence-electron chi connectivity index (χ0n) is 13.9. The fourth-order valence-electron chi connectivity index (χ4n) is 2.74. The molecule has 3 aromatic heterocycles. The predicted octanol–water partition coefficient (Wildman–Crippen LogP) is 6.01. The summed E-state index contributed by atoms with van der Waals surface area (Å²) in [6, 6.07) is 13.3. The SMILES string of the molecule is CCc1cccc2sc(N(Cc3ccco3)C(=O)c3ccc(Cl)s3)nc12. The lowest BCUT2D eigenvalue weighted by Gasteiger charge is -2.17. The maximum absolute atomic E-state index is 13.1. The molecular weight excluding hydrogens is 388 g/mol. The molecule has 0 aliphatic carbocycles. The van der Waals surface area contributed by atoms with E-state index < -0.39 is 0 Å². The monoisotopic (exact) mass is 402 g/mol. The number of nitrogens with zero attached hydrogens (tertiary/aromatic N) is 2. The maximum Gasteiger partial charge on any atom is 0.270 e. The van der Waals surface area contributed by atoms with Crippen molar-refractivity contribution >= 4 is 55.5 Å². The number of benzene rings is 1. The molecule has 1 amide bonds. The van der Waals surface area contributed by atoms with Gasteiger partial charge in [0.15, 0.2) is 5.13 Å². The largest absolute Gasteiger partial charge is 0.467 e. The molecule has 4 nitrogen and oxygen atoms in total. The van der Waals surface area contributed by atoms with E-state index in [9.17, 15) is 4.79 Å². The first-order chi connectivity index (χ1) is 12.7. The Morgan fingerprint density at radius 3 is 2.77 bits per heavy atom. The van der Waals surface area contributed by atoms with Crippen molar-refractivity contribution in [2.75, 3.05) is 4.90 Å². The molecule has 0 saturated carbocycles. The second kappa shape index (κ2) is 7.23. The summed E-state index contributed by atoms with van der Waals surface area (Å²) >= 11 is 8.79. The van der Waals surface area contributed by atoms with Gasteiger partial charge in [-0.3, -0.25) is 9.69 Å². The van der Waals surface area contributed by atoms with Crippen LogP contribution in [0.15, 0.2) is 53.1 Å². The van der Waals surface area contributed by atoms with Crippen molar-refractivity contribution < 1.29 is 9.21 Å². The van der Waals surface area contributed by atoms with Gasteiger partial charge in [0.1, 0.15) is 5.76 Å². The van der Waals surface area contributed by atoms with Gasteiger partial charge in [0.25, 0.3) is 5.91 Å². The van der Waals surface area contributed by atoms with Crippen molar-refractivity contribution in [1.82, 2.24) is 4.98 Å². The molecule has 0 spiro atoms. The van der Waals surface area contributed by atoms with Crippen LogP contribution in [0.1, 0.15) is 27.9 Å². The highest BCUT2D eigenvalue weighted by molar-refractivity contribution is 7.22. The molecule has 0 unspecified atom stereocenters. The number of rotatable bonds is 5. The highest BCUT2D eigenvalue weighted by Crippen LogP contribution is 2.34. The number of anilines is 1. The van der Waals surface area contributed by atoms with E-state index in [-0.39, 0.29) is 5.91 Å². The molecule has 4 aromatic rings. The van der Waals surface area contributed by atoms with Crippen molar-refractivity contribution in [3.63, 3.8) is 0 Å². The Kier molecular flexibility index (Phi) is 4.80. The lowest BCUT2D eigenvalue weighted by Crippen LogP contribution is -2.29. The number of aryl methyl sites for hydroxylation is 1. The lowest BCUT2D eigenvalue weighted by molar-refractivity contribution is 0.0987. The van der Waals surface area contributed by atoms with Crippen LogP contribution >= 0.6 is 34.3 Å². The summed E-state index contributed by atoms with van der Waals surface area (Å²) in [7, 11) is 0. The maximum atomic E-state index is 13.1. The normalized spacial score (nSPS) is 11.2. The number of carbonyl (C=O) groups is 1. The Morgan fingerprint density at radius 2 is 2.08 bits per heavy atom. The molecule has 132 valence electrons. The van der Waals surface area contributed by atoms with Gasteiger partial charge in [-0.2, -0.15) is 0 Å². The summed E-state index contributed by atoms with van der Waals surface area (Å²) in [6.45, 7) is 2.43. The number of furan rings is 1. The number of halogens is 1. The number of aromatic nitrogens is 1. The Labute approximate surface area is 163 Å². The van der Waals surface area contributed by atoms with Crippen LogP contribution in [-0.2, 0) is 13.0 Å². The number of hydrogen-bond acceptors (Lipinski definition) is 5. The molecule has 0 aliphatic rings. The van der Waals surface area contributed by atoms with E-state index in [0.29, 0.717) is 26.7 Å². The number of fused-ring (bicyclic) bond motifs is 1. The van der Waals surface area contributed by atoms with Gasteiger partial charge in [-0.15, -0.1) is 11.3 Å². The van der Waals surface area contributed by atoms with Crippen LogP contribution in [0, 0.1) is 0 Å². The molecule has 0 N–H and O–H groups in total. The molecule has 0 atom stereocenters. The number of thiophene rings is 1. The minimum atomic E-state index is -0.129. The molecule has 0 bridgehead atoms. The average Bonchev–Trinajstić information content (AvgIpc) is 3.38. The van der Waals surface area contributed by atoms with Gasteiger partial charge < -0.3 is 4.42 Å². The summed E-state index contributed by atoms with van der Waals surface area (Å²) in [5.74, 6) is 0.575. The number of para-hydroxylation sites is 1. The highest BCUT2D eigenvalue weighted by atomic mass is 35.5. The molecule has 7 heteroatoms. The smallest absolute Gasteiger partial charge is 0.270 e. The van der Waals surface area contributed by atoms with E-state index in [1.54, 1.807) is 23.3 Å². The quantitative estimate of drug-likeness (QED) is 0.410. The second-order valence-electron chi connectivity index (χ2n) is 5.69. The third-order valence-corrected chi connectivity index (χ3v) is 6.29. The first kappa shape index (κ1) is 17.3. The second-order valence-corrected chi connectivity index (χ2v) is 8.41. The van der Waals surface area contributed by atoms with Crippen LogP contribution in [0.5, 0.6) is 0 Å². The first-order valence-corrected chi connectivity index (χ1v) is 10.1. The summed E-state index contributed by atoms with van der Waals surface area (Å²) < 4.78 is 7.11. The molecule has 1 aromatic carbocycles. The van der Waals surface area contributed by atoms with E-state index in [1.807, 2.05) is 24.3 Å². The lowest BCUT2D eigenvalue weighted by atomic mass is 10.1. The van der Waals surface area contributed by atoms with Gasteiger partial charge >= 0.3 is 0 Å². The van der Waals surface area contributed by atoms with Crippen LogP contribution in [0.2, 0.25) is 4.34 Å². The average molecular weight is 403 g/mol. The summed E-state index contributed by atoms with van der Waals surface area (Å²) in [5, 5.41) is 0.659.